The maximum absolute atomic E-state index is 12.9. The van der Waals surface area contributed by atoms with E-state index in [4.69, 9.17) is 0 Å². The lowest BCUT2D eigenvalue weighted by Gasteiger charge is -2.24. The van der Waals surface area contributed by atoms with E-state index in [1.54, 1.807) is 12.1 Å². The monoisotopic (exact) mass is 378 g/mol. The molecule has 8 heteroatoms. The molecule has 0 aliphatic carbocycles. The van der Waals surface area contributed by atoms with Crippen molar-refractivity contribution in [3.63, 3.8) is 0 Å². The summed E-state index contributed by atoms with van der Waals surface area (Å²) in [5.74, 6) is -0.218. The standard InChI is InChI=1S/C18H22N4O3.ClH/c23-16-9-19-18(25)22(16)10-12-2-1-3-13(8-12)17(24)21-7-6-14-4-5-15(11-21)20-14;/h1-3,8,14-15,20H,4-7,9-11H2,(H,19,25);1H. The summed E-state index contributed by atoms with van der Waals surface area (Å²) in [5.41, 5.74) is 1.40. The molecule has 3 aliphatic rings. The normalized spacial score (nSPS) is 24.9. The van der Waals surface area contributed by atoms with Crippen LogP contribution >= 0.6 is 12.4 Å². The van der Waals surface area contributed by atoms with E-state index < -0.39 is 0 Å². The molecule has 2 unspecified atom stereocenters. The first-order chi connectivity index (χ1) is 12.1. The molecule has 1 aromatic carbocycles. The summed E-state index contributed by atoms with van der Waals surface area (Å²) in [7, 11) is 0. The van der Waals surface area contributed by atoms with Crippen LogP contribution in [0.2, 0.25) is 0 Å². The molecule has 7 nitrogen and oxygen atoms in total. The van der Waals surface area contributed by atoms with E-state index in [2.05, 4.69) is 10.6 Å². The fraction of sp³-hybridized carbons (Fsp3) is 0.500. The number of urea groups is 1. The minimum atomic E-state index is -0.378. The van der Waals surface area contributed by atoms with Gasteiger partial charge in [-0.05, 0) is 37.0 Å². The Balaban J connectivity index is 0.00000196. The molecule has 1 aromatic rings. The van der Waals surface area contributed by atoms with E-state index in [-0.39, 0.29) is 43.3 Å². The first-order valence-corrected chi connectivity index (χ1v) is 8.82. The number of nitrogens with zero attached hydrogens (tertiary/aromatic N) is 2. The zero-order valence-electron chi connectivity index (χ0n) is 14.4. The molecule has 2 atom stereocenters. The minimum Gasteiger partial charge on any atom is -0.337 e. The number of carbonyl (C=O) groups excluding carboxylic acids is 3. The van der Waals surface area contributed by atoms with Crippen molar-refractivity contribution in [2.75, 3.05) is 19.6 Å². The van der Waals surface area contributed by atoms with E-state index in [0.717, 1.165) is 31.5 Å². The number of rotatable bonds is 3. The fourth-order valence-electron chi connectivity index (χ4n) is 3.91. The molecule has 2 N–H and O–H groups in total. The summed E-state index contributed by atoms with van der Waals surface area (Å²) in [6.07, 6.45) is 3.32. The molecule has 2 bridgehead atoms. The van der Waals surface area contributed by atoms with Gasteiger partial charge in [-0.15, -0.1) is 12.4 Å². The second-order valence-corrected chi connectivity index (χ2v) is 7.02. The zero-order chi connectivity index (χ0) is 17.4. The van der Waals surface area contributed by atoms with Crippen molar-refractivity contribution in [3.8, 4) is 0 Å². The second kappa shape index (κ2) is 7.63. The van der Waals surface area contributed by atoms with Crippen molar-refractivity contribution in [2.45, 2.75) is 37.9 Å². The van der Waals surface area contributed by atoms with Gasteiger partial charge in [0.05, 0.1) is 13.1 Å². The third kappa shape index (κ3) is 3.68. The van der Waals surface area contributed by atoms with Gasteiger partial charge in [0.2, 0.25) is 5.91 Å². The van der Waals surface area contributed by atoms with Gasteiger partial charge in [0.15, 0.2) is 0 Å². The van der Waals surface area contributed by atoms with E-state index in [1.807, 2.05) is 17.0 Å². The summed E-state index contributed by atoms with van der Waals surface area (Å²) in [5, 5.41) is 6.08. The van der Waals surface area contributed by atoms with E-state index in [1.165, 1.54) is 11.3 Å². The Labute approximate surface area is 158 Å². The van der Waals surface area contributed by atoms with Crippen molar-refractivity contribution in [1.29, 1.82) is 0 Å². The molecule has 3 heterocycles. The lowest BCUT2D eigenvalue weighted by atomic mass is 10.1. The van der Waals surface area contributed by atoms with E-state index in [9.17, 15) is 14.4 Å². The summed E-state index contributed by atoms with van der Waals surface area (Å²) in [4.78, 5) is 39.4. The highest BCUT2D eigenvalue weighted by Gasteiger charge is 2.32. The second-order valence-electron chi connectivity index (χ2n) is 7.02. The topological polar surface area (TPSA) is 81.8 Å². The molecule has 26 heavy (non-hydrogen) atoms. The van der Waals surface area contributed by atoms with Crippen molar-refractivity contribution in [1.82, 2.24) is 20.4 Å². The smallest absolute Gasteiger partial charge is 0.324 e. The van der Waals surface area contributed by atoms with Crippen LogP contribution in [-0.4, -0.2) is 59.4 Å². The van der Waals surface area contributed by atoms with Crippen LogP contribution in [0.4, 0.5) is 4.79 Å². The van der Waals surface area contributed by atoms with Gasteiger partial charge in [0.1, 0.15) is 0 Å². The van der Waals surface area contributed by atoms with Crippen LogP contribution in [0.25, 0.3) is 0 Å². The number of amides is 4. The third-order valence-electron chi connectivity index (χ3n) is 5.26. The molecule has 140 valence electrons. The van der Waals surface area contributed by atoms with Crippen LogP contribution in [0, 0.1) is 0 Å². The van der Waals surface area contributed by atoms with Crippen molar-refractivity contribution in [3.05, 3.63) is 35.4 Å². The first kappa shape index (κ1) is 18.7. The Morgan fingerprint density at radius 3 is 2.73 bits per heavy atom. The average Bonchev–Trinajstić information content (AvgIpc) is 3.10. The number of benzene rings is 1. The van der Waals surface area contributed by atoms with Crippen molar-refractivity contribution >= 4 is 30.3 Å². The quantitative estimate of drug-likeness (QED) is 0.772. The zero-order valence-corrected chi connectivity index (χ0v) is 15.3. The Kier molecular flexibility index (Phi) is 5.48. The number of hydrogen-bond acceptors (Lipinski definition) is 4. The molecule has 0 spiro atoms. The van der Waals surface area contributed by atoms with Crippen LogP contribution in [0.5, 0.6) is 0 Å². The van der Waals surface area contributed by atoms with Crippen molar-refractivity contribution < 1.29 is 14.4 Å². The lowest BCUT2D eigenvalue weighted by Crippen LogP contribution is -2.39. The van der Waals surface area contributed by atoms with Gasteiger partial charge in [-0.3, -0.25) is 14.5 Å². The Hall–Kier alpha value is -2.12. The van der Waals surface area contributed by atoms with Crippen LogP contribution in [0.15, 0.2) is 24.3 Å². The maximum atomic E-state index is 12.9. The third-order valence-corrected chi connectivity index (χ3v) is 5.26. The number of likely N-dealkylation sites (tertiary alicyclic amines) is 1. The predicted molar refractivity (Wildman–Crippen MR) is 98.1 cm³/mol. The molecule has 0 aromatic heterocycles. The number of nitrogens with one attached hydrogen (secondary N) is 2. The highest BCUT2D eigenvalue weighted by atomic mass is 35.5. The van der Waals surface area contributed by atoms with Crippen molar-refractivity contribution in [2.24, 2.45) is 0 Å². The van der Waals surface area contributed by atoms with Crippen LogP contribution in [-0.2, 0) is 11.3 Å². The molecular formula is C18H23ClN4O3. The predicted octanol–water partition coefficient (Wildman–Crippen LogP) is 1.13. The van der Waals surface area contributed by atoms with Gasteiger partial charge in [-0.2, -0.15) is 0 Å². The molecule has 3 aliphatic heterocycles. The van der Waals surface area contributed by atoms with Crippen LogP contribution in [0.3, 0.4) is 0 Å². The highest BCUT2D eigenvalue weighted by molar-refractivity contribution is 6.02. The first-order valence-electron chi connectivity index (χ1n) is 8.82. The Morgan fingerprint density at radius 2 is 1.96 bits per heavy atom. The highest BCUT2D eigenvalue weighted by Crippen LogP contribution is 2.22. The van der Waals surface area contributed by atoms with Gasteiger partial charge in [-0.25, -0.2) is 4.79 Å². The number of hydrogen-bond donors (Lipinski definition) is 2. The molecule has 0 radical (unpaired) electrons. The van der Waals surface area contributed by atoms with Crippen LogP contribution < -0.4 is 10.6 Å². The lowest BCUT2D eigenvalue weighted by molar-refractivity contribution is -0.125. The summed E-state index contributed by atoms with van der Waals surface area (Å²) < 4.78 is 0. The number of carbonyl (C=O) groups is 3. The summed E-state index contributed by atoms with van der Waals surface area (Å²) >= 11 is 0. The summed E-state index contributed by atoms with van der Waals surface area (Å²) in [6.45, 7) is 1.75. The van der Waals surface area contributed by atoms with Gasteiger partial charge in [-0.1, -0.05) is 12.1 Å². The molecular weight excluding hydrogens is 356 g/mol. The number of imide groups is 1. The average molecular weight is 379 g/mol. The Morgan fingerprint density at radius 1 is 1.15 bits per heavy atom. The van der Waals surface area contributed by atoms with E-state index in [0.29, 0.717) is 17.6 Å². The molecule has 3 saturated heterocycles. The maximum Gasteiger partial charge on any atom is 0.324 e. The fourth-order valence-corrected chi connectivity index (χ4v) is 3.91. The summed E-state index contributed by atoms with van der Waals surface area (Å²) in [6, 6.07) is 7.78. The largest absolute Gasteiger partial charge is 0.337 e. The Bertz CT molecular complexity index is 710. The minimum absolute atomic E-state index is 0. The van der Waals surface area contributed by atoms with Gasteiger partial charge < -0.3 is 15.5 Å². The van der Waals surface area contributed by atoms with E-state index >= 15 is 0 Å². The molecule has 4 amide bonds. The van der Waals surface area contributed by atoms with Gasteiger partial charge >= 0.3 is 6.03 Å². The molecule has 3 fully saturated rings. The number of fused-ring (bicyclic) bond motifs is 2. The molecule has 0 saturated carbocycles. The van der Waals surface area contributed by atoms with Gasteiger partial charge in [0, 0.05) is 30.7 Å². The SMILES string of the molecule is Cl.O=C(c1cccc(CN2C(=O)CNC2=O)c1)N1CCC2CCC(C1)N2. The molecule has 4 rings (SSSR count). The number of halogens is 1. The van der Waals surface area contributed by atoms with Crippen LogP contribution in [0.1, 0.15) is 35.2 Å². The van der Waals surface area contributed by atoms with Gasteiger partial charge in [0.25, 0.3) is 5.91 Å².